The van der Waals surface area contributed by atoms with Crippen molar-refractivity contribution in [1.29, 1.82) is 0 Å². The minimum Gasteiger partial charge on any atom is -0.497 e. The van der Waals surface area contributed by atoms with E-state index in [1.807, 2.05) is 12.1 Å². The topological polar surface area (TPSA) is 26.3 Å². The minimum absolute atomic E-state index is 0.161. The molecule has 0 aromatic heterocycles. The highest BCUT2D eigenvalue weighted by atomic mass is 19.4. The lowest BCUT2D eigenvalue weighted by Gasteiger charge is -2.31. The van der Waals surface area contributed by atoms with Crippen molar-refractivity contribution in [3.8, 4) is 17.6 Å². The minimum atomic E-state index is -4.89. The molecule has 0 saturated carbocycles. The fraction of sp³-hybridized carbons (Fsp3) is 0.138. The first-order chi connectivity index (χ1) is 16.7. The molecule has 0 bridgehead atoms. The highest BCUT2D eigenvalue weighted by Crippen LogP contribution is 2.45. The average Bonchev–Trinajstić information content (AvgIpc) is 2.86. The van der Waals surface area contributed by atoms with Gasteiger partial charge in [-0.25, -0.2) is 4.39 Å². The fourth-order valence-electron chi connectivity index (χ4n) is 3.85. The molecule has 0 aliphatic heterocycles. The van der Waals surface area contributed by atoms with E-state index in [1.165, 1.54) is 49.6 Å². The Morgan fingerprint density at radius 3 is 2.14 bits per heavy atom. The maximum Gasteiger partial charge on any atom is 0.409 e. The van der Waals surface area contributed by atoms with Crippen LogP contribution >= 0.6 is 0 Å². The SMILES string of the molecule is COc1ccc([C@@](C#Cc2ccc(F)cc2)(CC(=O)c2ccc3ccccc3c2)C(F)(F)F)cc1. The Hall–Kier alpha value is -4.11. The standard InChI is InChI=1S/C29H20F4O2/c1-35-26-14-10-24(11-15-26)28(29(31,32)33,17-16-20-6-12-25(30)13-7-20)19-27(34)23-9-8-21-4-2-3-5-22(21)18-23/h2-15,18H,19H2,1H3/t28-/m1/s1. The Balaban J connectivity index is 1.83. The van der Waals surface area contributed by atoms with Crippen molar-refractivity contribution in [2.45, 2.75) is 18.0 Å². The van der Waals surface area contributed by atoms with Crippen LogP contribution in [0.5, 0.6) is 5.75 Å². The number of ketones is 1. The third kappa shape index (κ3) is 5.04. The van der Waals surface area contributed by atoms with Gasteiger partial charge in [0.2, 0.25) is 0 Å². The van der Waals surface area contributed by atoms with Crippen molar-refractivity contribution in [3.05, 3.63) is 114 Å². The van der Waals surface area contributed by atoms with Gasteiger partial charge in [-0.1, -0.05) is 60.4 Å². The predicted octanol–water partition coefficient (Wildman–Crippen LogP) is 7.11. The van der Waals surface area contributed by atoms with E-state index in [0.717, 1.165) is 22.9 Å². The molecule has 0 aliphatic rings. The van der Waals surface area contributed by atoms with Crippen LogP contribution in [-0.2, 0) is 5.41 Å². The normalized spacial score (nSPS) is 12.9. The number of ether oxygens (including phenoxy) is 1. The van der Waals surface area contributed by atoms with Gasteiger partial charge in [0.15, 0.2) is 11.2 Å². The number of benzene rings is 4. The molecule has 0 aliphatic carbocycles. The Morgan fingerprint density at radius 2 is 1.51 bits per heavy atom. The van der Waals surface area contributed by atoms with E-state index < -0.39 is 29.6 Å². The lowest BCUT2D eigenvalue weighted by Crippen LogP contribution is -2.43. The van der Waals surface area contributed by atoms with Gasteiger partial charge >= 0.3 is 6.18 Å². The van der Waals surface area contributed by atoms with Gasteiger partial charge in [0, 0.05) is 17.5 Å². The number of rotatable bonds is 5. The second-order valence-corrected chi connectivity index (χ2v) is 8.05. The van der Waals surface area contributed by atoms with Crippen molar-refractivity contribution >= 4 is 16.6 Å². The fourth-order valence-corrected chi connectivity index (χ4v) is 3.85. The first-order valence-electron chi connectivity index (χ1n) is 10.7. The number of carbonyl (C=O) groups excluding carboxylic acids is 1. The maximum absolute atomic E-state index is 14.8. The quantitative estimate of drug-likeness (QED) is 0.174. The summed E-state index contributed by atoms with van der Waals surface area (Å²) < 4.78 is 62.7. The summed E-state index contributed by atoms with van der Waals surface area (Å²) in [6.07, 6.45) is -5.81. The summed E-state index contributed by atoms with van der Waals surface area (Å²) in [6.45, 7) is 0. The summed E-state index contributed by atoms with van der Waals surface area (Å²) in [5.74, 6) is 4.00. The van der Waals surface area contributed by atoms with Crippen molar-refractivity contribution in [2.24, 2.45) is 0 Å². The number of hydrogen-bond donors (Lipinski definition) is 0. The van der Waals surface area contributed by atoms with Crippen LogP contribution in [-0.4, -0.2) is 19.1 Å². The zero-order valence-electron chi connectivity index (χ0n) is 18.7. The van der Waals surface area contributed by atoms with Crippen LogP contribution in [0.1, 0.15) is 27.9 Å². The molecule has 0 spiro atoms. The second-order valence-electron chi connectivity index (χ2n) is 8.05. The summed E-state index contributed by atoms with van der Waals surface area (Å²) in [6, 6.07) is 22.2. The molecule has 0 saturated heterocycles. The number of hydrogen-bond acceptors (Lipinski definition) is 2. The van der Waals surface area contributed by atoms with E-state index in [0.29, 0.717) is 5.75 Å². The molecule has 6 heteroatoms. The third-order valence-corrected chi connectivity index (χ3v) is 5.83. The van der Waals surface area contributed by atoms with E-state index in [4.69, 9.17) is 4.74 Å². The van der Waals surface area contributed by atoms with Crippen LogP contribution in [0.15, 0.2) is 91.0 Å². The second kappa shape index (κ2) is 9.63. The number of alkyl halides is 3. The van der Waals surface area contributed by atoms with Gasteiger partial charge in [-0.3, -0.25) is 4.79 Å². The monoisotopic (exact) mass is 476 g/mol. The smallest absolute Gasteiger partial charge is 0.409 e. The molecule has 0 unspecified atom stereocenters. The van der Waals surface area contributed by atoms with Gasteiger partial charge in [0.25, 0.3) is 0 Å². The van der Waals surface area contributed by atoms with E-state index in [1.54, 1.807) is 24.3 Å². The van der Waals surface area contributed by atoms with Gasteiger partial charge in [-0.15, -0.1) is 0 Å². The highest BCUT2D eigenvalue weighted by Gasteiger charge is 2.56. The highest BCUT2D eigenvalue weighted by molar-refractivity contribution is 6.01. The molecule has 0 fully saturated rings. The Morgan fingerprint density at radius 1 is 0.857 bits per heavy atom. The number of halogens is 4. The lowest BCUT2D eigenvalue weighted by molar-refractivity contribution is -0.172. The van der Waals surface area contributed by atoms with E-state index in [9.17, 15) is 22.4 Å². The van der Waals surface area contributed by atoms with Crippen molar-refractivity contribution in [1.82, 2.24) is 0 Å². The first kappa shape index (κ1) is 24.0. The average molecular weight is 476 g/mol. The molecule has 0 N–H and O–H groups in total. The molecule has 0 radical (unpaired) electrons. The third-order valence-electron chi connectivity index (χ3n) is 5.83. The largest absolute Gasteiger partial charge is 0.497 e. The molecular formula is C29H20F4O2. The summed E-state index contributed by atoms with van der Waals surface area (Å²) >= 11 is 0. The Bertz CT molecular complexity index is 1410. The molecule has 4 rings (SSSR count). The molecule has 0 heterocycles. The van der Waals surface area contributed by atoms with Crippen molar-refractivity contribution in [3.63, 3.8) is 0 Å². The van der Waals surface area contributed by atoms with Crippen LogP contribution in [0.2, 0.25) is 0 Å². The summed E-state index contributed by atoms with van der Waals surface area (Å²) in [5, 5.41) is 1.62. The first-order valence-corrected chi connectivity index (χ1v) is 10.7. The van der Waals surface area contributed by atoms with Crippen molar-refractivity contribution in [2.75, 3.05) is 7.11 Å². The summed E-state index contributed by atoms with van der Waals surface area (Å²) in [4.78, 5) is 13.3. The van der Waals surface area contributed by atoms with Gasteiger partial charge in [0.1, 0.15) is 11.6 Å². The van der Waals surface area contributed by atoms with Crippen LogP contribution in [0.3, 0.4) is 0 Å². The Labute approximate surface area is 200 Å². The van der Waals surface area contributed by atoms with Crippen LogP contribution in [0.25, 0.3) is 10.8 Å². The van der Waals surface area contributed by atoms with Crippen LogP contribution in [0.4, 0.5) is 17.6 Å². The molecule has 1 atom stereocenters. The molecule has 4 aromatic carbocycles. The van der Waals surface area contributed by atoms with E-state index >= 15 is 0 Å². The lowest BCUT2D eigenvalue weighted by atomic mass is 9.75. The van der Waals surface area contributed by atoms with Gasteiger partial charge in [-0.2, -0.15) is 13.2 Å². The maximum atomic E-state index is 14.8. The number of carbonyl (C=O) groups is 1. The van der Waals surface area contributed by atoms with Gasteiger partial charge in [-0.05, 0) is 58.8 Å². The summed E-state index contributed by atoms with van der Waals surface area (Å²) in [7, 11) is 1.41. The van der Waals surface area contributed by atoms with Crippen LogP contribution < -0.4 is 4.74 Å². The van der Waals surface area contributed by atoms with E-state index in [-0.39, 0.29) is 16.7 Å². The number of methoxy groups -OCH3 is 1. The van der Waals surface area contributed by atoms with Crippen LogP contribution in [0, 0.1) is 17.7 Å². The summed E-state index contributed by atoms with van der Waals surface area (Å²) in [5.41, 5.74) is -2.62. The zero-order valence-corrected chi connectivity index (χ0v) is 18.7. The number of fused-ring (bicyclic) bond motifs is 1. The zero-order chi connectivity index (χ0) is 25.1. The predicted molar refractivity (Wildman–Crippen MR) is 127 cm³/mol. The van der Waals surface area contributed by atoms with Gasteiger partial charge < -0.3 is 4.74 Å². The molecule has 176 valence electrons. The molecule has 2 nitrogen and oxygen atoms in total. The van der Waals surface area contributed by atoms with Crippen molar-refractivity contribution < 1.29 is 27.1 Å². The number of Topliss-reactive ketones (excluding diaryl/α,β-unsaturated/α-hetero) is 1. The molecular weight excluding hydrogens is 456 g/mol. The van der Waals surface area contributed by atoms with Gasteiger partial charge in [0.05, 0.1) is 7.11 Å². The Kier molecular flexibility index (Phi) is 6.61. The molecule has 35 heavy (non-hydrogen) atoms. The van der Waals surface area contributed by atoms with E-state index in [2.05, 4.69) is 11.8 Å². The molecule has 4 aromatic rings. The molecule has 0 amide bonds.